The van der Waals surface area contributed by atoms with Crippen LogP contribution in [-0.2, 0) is 32.7 Å². The molecular weight excluding hydrogens is 695 g/mol. The molecule has 10 nitrogen and oxygen atoms in total. The standard InChI is InChI=1S/C42H71O10P/c1-3-5-7-9-11-13-15-17-19-21-23-25-27-29-31-33-41(45)49-37-40(38-51-53(47,48)50-36-39(44)35-43)52-42(46)34-32-30-28-26-24-22-20-18-16-14-12-10-8-6-4-2/h5,7,11-14,17-20,24,26,39-40,43-44H,3-4,6,8-10,15-16,21-23,25,27-38H2,1-2H3,(H,47,48). The van der Waals surface area contributed by atoms with Gasteiger partial charge in [-0.3, -0.25) is 18.6 Å². The second-order valence-electron chi connectivity index (χ2n) is 12.9. The SMILES string of the molecule is CCC=CCC=CCC=CCCCCCCCC(=O)OCC(COP(=O)(O)OCC(O)CO)OC(=O)CCCCC=CCC=CCC=CCCCCC. The van der Waals surface area contributed by atoms with Crippen molar-refractivity contribution in [2.75, 3.05) is 26.4 Å². The van der Waals surface area contributed by atoms with Crippen LogP contribution in [0.3, 0.4) is 0 Å². The molecule has 3 atom stereocenters. The summed E-state index contributed by atoms with van der Waals surface area (Å²) < 4.78 is 32.6. The van der Waals surface area contributed by atoms with Crippen molar-refractivity contribution in [2.45, 2.75) is 154 Å². The van der Waals surface area contributed by atoms with Gasteiger partial charge in [0, 0.05) is 12.8 Å². The van der Waals surface area contributed by atoms with E-state index in [2.05, 4.69) is 91.3 Å². The zero-order valence-corrected chi connectivity index (χ0v) is 33.6. The Morgan fingerprint density at radius 1 is 0.585 bits per heavy atom. The van der Waals surface area contributed by atoms with Crippen LogP contribution < -0.4 is 0 Å². The molecule has 304 valence electrons. The monoisotopic (exact) mass is 766 g/mol. The number of allylic oxidation sites excluding steroid dienone is 12. The number of esters is 2. The number of carbonyl (C=O) groups is 2. The number of aliphatic hydroxyl groups is 2. The van der Waals surface area contributed by atoms with E-state index in [9.17, 15) is 24.2 Å². The fourth-order valence-electron chi connectivity index (χ4n) is 4.78. The summed E-state index contributed by atoms with van der Waals surface area (Å²) in [5.74, 6) is -0.998. The molecule has 0 aliphatic rings. The molecule has 0 saturated carbocycles. The third-order valence-corrected chi connectivity index (χ3v) is 8.80. The van der Waals surface area contributed by atoms with Gasteiger partial charge in [0.05, 0.1) is 19.8 Å². The molecule has 53 heavy (non-hydrogen) atoms. The molecule has 0 aromatic rings. The van der Waals surface area contributed by atoms with Crippen LogP contribution in [0.15, 0.2) is 72.9 Å². The van der Waals surface area contributed by atoms with Gasteiger partial charge >= 0.3 is 19.8 Å². The summed E-state index contributed by atoms with van der Waals surface area (Å²) in [5.41, 5.74) is 0. The van der Waals surface area contributed by atoms with E-state index < -0.39 is 51.8 Å². The third-order valence-electron chi connectivity index (χ3n) is 7.84. The van der Waals surface area contributed by atoms with Gasteiger partial charge in [-0.2, -0.15) is 0 Å². The van der Waals surface area contributed by atoms with E-state index >= 15 is 0 Å². The van der Waals surface area contributed by atoms with Crippen molar-refractivity contribution in [1.29, 1.82) is 0 Å². The first-order valence-corrected chi connectivity index (χ1v) is 21.4. The molecule has 0 aromatic heterocycles. The number of unbranched alkanes of at least 4 members (excludes halogenated alkanes) is 10. The van der Waals surface area contributed by atoms with Gasteiger partial charge in [-0.05, 0) is 83.5 Å². The van der Waals surface area contributed by atoms with E-state index in [1.165, 1.54) is 19.3 Å². The van der Waals surface area contributed by atoms with E-state index in [4.69, 9.17) is 19.1 Å². The minimum absolute atomic E-state index is 0.128. The van der Waals surface area contributed by atoms with Gasteiger partial charge in [0.25, 0.3) is 0 Å². The molecule has 0 fully saturated rings. The molecule has 0 radical (unpaired) electrons. The molecule has 0 rings (SSSR count). The molecular formula is C42H71O10P. The third kappa shape index (κ3) is 37.5. The maximum atomic E-state index is 12.6. The molecule has 0 amide bonds. The molecule has 0 heterocycles. The minimum atomic E-state index is -4.63. The Morgan fingerprint density at radius 3 is 1.60 bits per heavy atom. The molecule has 3 unspecified atom stereocenters. The number of aliphatic hydroxyl groups excluding tert-OH is 2. The Bertz CT molecular complexity index is 1110. The van der Waals surface area contributed by atoms with E-state index in [0.717, 1.165) is 83.5 Å². The second kappa shape index (κ2) is 37.7. The van der Waals surface area contributed by atoms with Crippen LogP contribution in [0, 0.1) is 0 Å². The summed E-state index contributed by atoms with van der Waals surface area (Å²) >= 11 is 0. The van der Waals surface area contributed by atoms with Crippen LogP contribution in [0.5, 0.6) is 0 Å². The summed E-state index contributed by atoms with van der Waals surface area (Å²) in [6, 6.07) is 0. The van der Waals surface area contributed by atoms with Gasteiger partial charge in [0.15, 0.2) is 6.10 Å². The van der Waals surface area contributed by atoms with E-state index in [0.29, 0.717) is 12.8 Å². The zero-order valence-electron chi connectivity index (χ0n) is 32.7. The quantitative estimate of drug-likeness (QED) is 0.0243. The summed E-state index contributed by atoms with van der Waals surface area (Å²) in [7, 11) is -4.63. The first-order chi connectivity index (χ1) is 25.7. The van der Waals surface area contributed by atoms with Crippen molar-refractivity contribution in [3.05, 3.63) is 72.9 Å². The number of carbonyl (C=O) groups excluding carboxylic acids is 2. The summed E-state index contributed by atoms with van der Waals surface area (Å²) in [6.07, 6.45) is 41.6. The lowest BCUT2D eigenvalue weighted by molar-refractivity contribution is -0.161. The number of hydrogen-bond acceptors (Lipinski definition) is 9. The molecule has 11 heteroatoms. The maximum absolute atomic E-state index is 12.6. The van der Waals surface area contributed by atoms with Crippen molar-refractivity contribution in [3.8, 4) is 0 Å². The van der Waals surface area contributed by atoms with Crippen LogP contribution in [0.25, 0.3) is 0 Å². The Hall–Kier alpha value is -2.59. The topological polar surface area (TPSA) is 149 Å². The van der Waals surface area contributed by atoms with Crippen LogP contribution in [-0.4, -0.2) is 65.7 Å². The predicted octanol–water partition coefficient (Wildman–Crippen LogP) is 10.1. The van der Waals surface area contributed by atoms with Gasteiger partial charge in [-0.1, -0.05) is 119 Å². The average Bonchev–Trinajstić information content (AvgIpc) is 3.14. The highest BCUT2D eigenvalue weighted by molar-refractivity contribution is 7.47. The van der Waals surface area contributed by atoms with Crippen molar-refractivity contribution >= 4 is 19.8 Å². The fraction of sp³-hybridized carbons (Fsp3) is 0.667. The van der Waals surface area contributed by atoms with Gasteiger partial charge in [0.2, 0.25) is 0 Å². The zero-order chi connectivity index (χ0) is 39.1. The second-order valence-corrected chi connectivity index (χ2v) is 14.4. The van der Waals surface area contributed by atoms with Crippen molar-refractivity contribution < 1.29 is 47.8 Å². The Kier molecular flexibility index (Phi) is 35.9. The van der Waals surface area contributed by atoms with Gasteiger partial charge in [-0.15, -0.1) is 0 Å². The Morgan fingerprint density at radius 2 is 1.04 bits per heavy atom. The first-order valence-electron chi connectivity index (χ1n) is 19.9. The average molecular weight is 767 g/mol. The summed E-state index contributed by atoms with van der Waals surface area (Å²) in [4.78, 5) is 34.9. The molecule has 3 N–H and O–H groups in total. The Balaban J connectivity index is 4.46. The molecule has 0 saturated heterocycles. The van der Waals surface area contributed by atoms with Crippen LogP contribution in [0.1, 0.15) is 142 Å². The predicted molar refractivity (Wildman–Crippen MR) is 214 cm³/mol. The van der Waals surface area contributed by atoms with Crippen LogP contribution >= 0.6 is 7.82 Å². The van der Waals surface area contributed by atoms with Crippen molar-refractivity contribution in [1.82, 2.24) is 0 Å². The van der Waals surface area contributed by atoms with Gasteiger partial charge in [0.1, 0.15) is 12.7 Å². The Labute approximate surface area is 320 Å². The minimum Gasteiger partial charge on any atom is -0.462 e. The fourth-order valence-corrected chi connectivity index (χ4v) is 5.57. The molecule has 0 bridgehead atoms. The molecule has 0 aromatic carbocycles. The number of rotatable bonds is 36. The molecule has 0 aliphatic carbocycles. The summed E-state index contributed by atoms with van der Waals surface area (Å²) in [6.45, 7) is 2.14. The van der Waals surface area contributed by atoms with Gasteiger partial charge in [-0.25, -0.2) is 4.57 Å². The summed E-state index contributed by atoms with van der Waals surface area (Å²) in [5, 5.41) is 18.3. The van der Waals surface area contributed by atoms with E-state index in [1.54, 1.807) is 0 Å². The lowest BCUT2D eigenvalue weighted by Gasteiger charge is -2.20. The molecule has 0 aliphatic heterocycles. The number of phosphoric acid groups is 1. The van der Waals surface area contributed by atoms with Crippen molar-refractivity contribution in [3.63, 3.8) is 0 Å². The number of phosphoric ester groups is 1. The lowest BCUT2D eigenvalue weighted by Crippen LogP contribution is -2.29. The normalized spacial score (nSPS) is 14.7. The van der Waals surface area contributed by atoms with E-state index in [1.807, 2.05) is 0 Å². The molecule has 0 spiro atoms. The highest BCUT2D eigenvalue weighted by atomic mass is 31.2. The van der Waals surface area contributed by atoms with Crippen LogP contribution in [0.2, 0.25) is 0 Å². The highest BCUT2D eigenvalue weighted by Gasteiger charge is 2.27. The number of hydrogen-bond donors (Lipinski definition) is 3. The first kappa shape index (κ1) is 50.4. The van der Waals surface area contributed by atoms with Crippen molar-refractivity contribution in [2.24, 2.45) is 0 Å². The number of ether oxygens (including phenoxy) is 2. The highest BCUT2D eigenvalue weighted by Crippen LogP contribution is 2.43. The van der Waals surface area contributed by atoms with Gasteiger partial charge < -0.3 is 24.6 Å². The van der Waals surface area contributed by atoms with Crippen LogP contribution in [0.4, 0.5) is 0 Å². The lowest BCUT2D eigenvalue weighted by atomic mass is 10.1. The largest absolute Gasteiger partial charge is 0.472 e. The maximum Gasteiger partial charge on any atom is 0.472 e. The van der Waals surface area contributed by atoms with E-state index in [-0.39, 0.29) is 19.4 Å². The smallest absolute Gasteiger partial charge is 0.462 e.